The van der Waals surface area contributed by atoms with Gasteiger partial charge in [-0.1, -0.05) is 0 Å². The Balaban J connectivity index is 2.64. The molecule has 5 nitrogen and oxygen atoms in total. The number of carbonyl (C=O) groups excluding carboxylic acids is 2. The molecule has 0 fully saturated rings. The fourth-order valence-electron chi connectivity index (χ4n) is 1.74. The molecule has 0 aromatic heterocycles. The standard InChI is InChI=1S/C14H18F3N3O2/c1-8-6-11(4-5-12(8)20-10(3)21)19-9(2)13(22)18-7-14(15,16)17/h4-6,9,19H,7H2,1-3H3,(H,18,22)(H,20,21)/t9-/m1/s1. The summed E-state index contributed by atoms with van der Waals surface area (Å²) in [4.78, 5) is 22.6. The number of aryl methyl sites for hydroxylation is 1. The Kier molecular flexibility index (Phi) is 5.78. The van der Waals surface area contributed by atoms with Gasteiger partial charge in [0.05, 0.1) is 0 Å². The highest BCUT2D eigenvalue weighted by atomic mass is 19.4. The van der Waals surface area contributed by atoms with Crippen LogP contribution >= 0.6 is 0 Å². The highest BCUT2D eigenvalue weighted by molar-refractivity contribution is 5.90. The van der Waals surface area contributed by atoms with Crippen molar-refractivity contribution in [3.05, 3.63) is 23.8 Å². The third-order valence-corrected chi connectivity index (χ3v) is 2.78. The highest BCUT2D eigenvalue weighted by Gasteiger charge is 2.28. The Morgan fingerprint density at radius 1 is 1.27 bits per heavy atom. The lowest BCUT2D eigenvalue weighted by Gasteiger charge is -2.17. The summed E-state index contributed by atoms with van der Waals surface area (Å²) in [5.74, 6) is -0.954. The molecule has 1 aromatic rings. The van der Waals surface area contributed by atoms with Gasteiger partial charge in [0, 0.05) is 18.3 Å². The second-order valence-corrected chi connectivity index (χ2v) is 4.91. The monoisotopic (exact) mass is 317 g/mol. The van der Waals surface area contributed by atoms with Crippen molar-refractivity contribution in [2.45, 2.75) is 33.0 Å². The molecule has 0 aliphatic rings. The predicted octanol–water partition coefficient (Wildman–Crippen LogP) is 2.43. The average Bonchev–Trinajstić information content (AvgIpc) is 2.37. The van der Waals surface area contributed by atoms with Crippen LogP contribution < -0.4 is 16.0 Å². The van der Waals surface area contributed by atoms with Gasteiger partial charge in [-0.3, -0.25) is 9.59 Å². The second-order valence-electron chi connectivity index (χ2n) is 4.91. The van der Waals surface area contributed by atoms with E-state index < -0.39 is 24.7 Å². The van der Waals surface area contributed by atoms with Crippen LogP contribution in [0.4, 0.5) is 24.5 Å². The smallest absolute Gasteiger partial charge is 0.374 e. The van der Waals surface area contributed by atoms with Gasteiger partial charge >= 0.3 is 6.18 Å². The van der Waals surface area contributed by atoms with Crippen LogP contribution in [0, 0.1) is 6.92 Å². The van der Waals surface area contributed by atoms with E-state index in [4.69, 9.17) is 0 Å². The number of nitrogens with one attached hydrogen (secondary N) is 3. The van der Waals surface area contributed by atoms with Crippen molar-refractivity contribution in [1.82, 2.24) is 5.32 Å². The minimum Gasteiger partial charge on any atom is -0.374 e. The molecule has 1 atom stereocenters. The van der Waals surface area contributed by atoms with Gasteiger partial charge in [-0.25, -0.2) is 0 Å². The largest absolute Gasteiger partial charge is 0.405 e. The van der Waals surface area contributed by atoms with E-state index in [0.717, 1.165) is 5.56 Å². The molecule has 0 unspecified atom stereocenters. The Morgan fingerprint density at radius 3 is 2.41 bits per heavy atom. The minimum absolute atomic E-state index is 0.205. The molecule has 0 saturated carbocycles. The summed E-state index contributed by atoms with van der Waals surface area (Å²) < 4.78 is 36.1. The maximum atomic E-state index is 12.0. The van der Waals surface area contributed by atoms with Crippen LogP contribution in [0.5, 0.6) is 0 Å². The predicted molar refractivity (Wildman–Crippen MR) is 77.6 cm³/mol. The normalized spacial score (nSPS) is 12.5. The number of alkyl halides is 3. The third kappa shape index (κ3) is 6.02. The number of halogens is 3. The first-order valence-corrected chi connectivity index (χ1v) is 6.58. The third-order valence-electron chi connectivity index (χ3n) is 2.78. The first-order chi connectivity index (χ1) is 10.1. The Morgan fingerprint density at radius 2 is 1.91 bits per heavy atom. The summed E-state index contributed by atoms with van der Waals surface area (Å²) in [6.07, 6.45) is -4.44. The Labute approximate surface area is 126 Å². The average molecular weight is 317 g/mol. The van der Waals surface area contributed by atoms with Crippen molar-refractivity contribution in [3.8, 4) is 0 Å². The molecule has 2 amide bonds. The van der Waals surface area contributed by atoms with E-state index in [-0.39, 0.29) is 5.91 Å². The summed E-state index contributed by atoms with van der Waals surface area (Å²) in [5.41, 5.74) is 1.97. The minimum atomic E-state index is -4.44. The zero-order valence-electron chi connectivity index (χ0n) is 12.5. The Bertz CT molecular complexity index is 559. The van der Waals surface area contributed by atoms with Gasteiger partial charge in [0.15, 0.2) is 0 Å². The molecule has 0 spiro atoms. The van der Waals surface area contributed by atoms with Crippen LogP contribution in [-0.2, 0) is 9.59 Å². The van der Waals surface area contributed by atoms with Gasteiger partial charge in [-0.05, 0) is 37.6 Å². The molecule has 1 aromatic carbocycles. The lowest BCUT2D eigenvalue weighted by molar-refractivity contribution is -0.138. The topological polar surface area (TPSA) is 70.2 Å². The van der Waals surface area contributed by atoms with Gasteiger partial charge < -0.3 is 16.0 Å². The summed E-state index contributed by atoms with van der Waals surface area (Å²) in [7, 11) is 0. The van der Waals surface area contributed by atoms with Crippen LogP contribution in [-0.4, -0.2) is 30.6 Å². The van der Waals surface area contributed by atoms with Crippen LogP contribution in [0.3, 0.4) is 0 Å². The molecule has 0 aliphatic heterocycles. The maximum Gasteiger partial charge on any atom is 0.405 e. The maximum absolute atomic E-state index is 12.0. The molecule has 122 valence electrons. The highest BCUT2D eigenvalue weighted by Crippen LogP contribution is 2.20. The van der Waals surface area contributed by atoms with E-state index >= 15 is 0 Å². The lowest BCUT2D eigenvalue weighted by atomic mass is 10.1. The molecule has 22 heavy (non-hydrogen) atoms. The SMILES string of the molecule is CC(=O)Nc1ccc(N[C@H](C)C(=O)NCC(F)(F)F)cc1C. The summed E-state index contributed by atoms with van der Waals surface area (Å²) >= 11 is 0. The van der Waals surface area contributed by atoms with Crippen LogP contribution in [0.2, 0.25) is 0 Å². The quantitative estimate of drug-likeness (QED) is 0.781. The number of carbonyl (C=O) groups is 2. The fourth-order valence-corrected chi connectivity index (χ4v) is 1.74. The first-order valence-electron chi connectivity index (χ1n) is 6.58. The fraction of sp³-hybridized carbons (Fsp3) is 0.429. The molecule has 0 saturated heterocycles. The number of hydrogen-bond donors (Lipinski definition) is 3. The number of hydrogen-bond acceptors (Lipinski definition) is 3. The molecule has 3 N–H and O–H groups in total. The Hall–Kier alpha value is -2.25. The molecular weight excluding hydrogens is 299 g/mol. The van der Waals surface area contributed by atoms with Gasteiger partial charge in [-0.15, -0.1) is 0 Å². The van der Waals surface area contributed by atoms with Crippen LogP contribution in [0.15, 0.2) is 18.2 Å². The second kappa shape index (κ2) is 7.15. The van der Waals surface area contributed by atoms with Crippen molar-refractivity contribution in [3.63, 3.8) is 0 Å². The van der Waals surface area contributed by atoms with Gasteiger partial charge in [0.1, 0.15) is 12.6 Å². The van der Waals surface area contributed by atoms with E-state index in [1.807, 2.05) is 5.32 Å². The van der Waals surface area contributed by atoms with Crippen molar-refractivity contribution in [2.75, 3.05) is 17.2 Å². The van der Waals surface area contributed by atoms with E-state index in [0.29, 0.717) is 11.4 Å². The van der Waals surface area contributed by atoms with Crippen molar-refractivity contribution in [1.29, 1.82) is 0 Å². The molecule has 0 radical (unpaired) electrons. The molecule has 0 aliphatic carbocycles. The number of amides is 2. The molecule has 8 heteroatoms. The number of benzene rings is 1. The lowest BCUT2D eigenvalue weighted by Crippen LogP contribution is -2.42. The van der Waals surface area contributed by atoms with Crippen molar-refractivity contribution < 1.29 is 22.8 Å². The molecule has 1 rings (SSSR count). The molecule has 0 bridgehead atoms. The van der Waals surface area contributed by atoms with Gasteiger partial charge in [0.25, 0.3) is 0 Å². The van der Waals surface area contributed by atoms with Crippen molar-refractivity contribution in [2.24, 2.45) is 0 Å². The summed E-state index contributed by atoms with van der Waals surface area (Å²) in [6.45, 7) is 3.25. The first kappa shape index (κ1) is 17.8. The van der Waals surface area contributed by atoms with Gasteiger partial charge in [0.2, 0.25) is 11.8 Å². The zero-order valence-corrected chi connectivity index (χ0v) is 12.5. The van der Waals surface area contributed by atoms with E-state index in [1.165, 1.54) is 13.8 Å². The van der Waals surface area contributed by atoms with Gasteiger partial charge in [-0.2, -0.15) is 13.2 Å². The molecule has 0 heterocycles. The van der Waals surface area contributed by atoms with Crippen molar-refractivity contribution >= 4 is 23.2 Å². The van der Waals surface area contributed by atoms with Crippen LogP contribution in [0.25, 0.3) is 0 Å². The van der Waals surface area contributed by atoms with E-state index in [2.05, 4.69) is 10.6 Å². The zero-order chi connectivity index (χ0) is 16.9. The number of anilines is 2. The van der Waals surface area contributed by atoms with Crippen LogP contribution in [0.1, 0.15) is 19.4 Å². The summed E-state index contributed by atoms with van der Waals surface area (Å²) in [6, 6.07) is 4.15. The molecular formula is C14H18F3N3O2. The number of rotatable bonds is 5. The summed E-state index contributed by atoms with van der Waals surface area (Å²) in [5, 5.41) is 7.26. The van der Waals surface area contributed by atoms with E-state index in [1.54, 1.807) is 25.1 Å². The van der Waals surface area contributed by atoms with E-state index in [9.17, 15) is 22.8 Å².